The third-order valence-electron chi connectivity index (χ3n) is 0.958. The second-order valence-corrected chi connectivity index (χ2v) is 2.20. The van der Waals surface area contributed by atoms with Crippen molar-refractivity contribution in [1.82, 2.24) is 5.48 Å². The van der Waals surface area contributed by atoms with Crippen molar-refractivity contribution in [2.45, 2.75) is 12.2 Å². The zero-order chi connectivity index (χ0) is 10.5. The Hall–Kier alpha value is -0.860. The van der Waals surface area contributed by atoms with Crippen molar-refractivity contribution in [3.05, 3.63) is 0 Å². The number of carbonyl (C=O) groups is 1. The first-order valence-corrected chi connectivity index (χ1v) is 3.22. The molecule has 4 N–H and O–H groups in total. The first-order valence-electron chi connectivity index (χ1n) is 3.22. The van der Waals surface area contributed by atoms with Gasteiger partial charge < -0.3 is 10.8 Å². The number of hydroxylamine groups is 1. The molecule has 0 aliphatic rings. The zero-order valence-corrected chi connectivity index (χ0v) is 6.47. The minimum Gasteiger partial charge on any atom is -0.480 e. The summed E-state index contributed by atoms with van der Waals surface area (Å²) in [7, 11) is 0. The smallest absolute Gasteiger partial charge is 0.413 e. The predicted molar refractivity (Wildman–Crippen MR) is 35.6 cm³/mol. The van der Waals surface area contributed by atoms with Gasteiger partial charge in [-0.3, -0.25) is 9.63 Å². The molecule has 78 valence electrons. The maximum Gasteiger partial charge on any atom is 0.413 e. The second kappa shape index (κ2) is 5.00. The van der Waals surface area contributed by atoms with Crippen molar-refractivity contribution in [3.63, 3.8) is 0 Å². The number of carboxylic acids is 1. The fourth-order valence-corrected chi connectivity index (χ4v) is 0.369. The highest BCUT2D eigenvalue weighted by molar-refractivity contribution is 5.73. The van der Waals surface area contributed by atoms with Crippen LogP contribution in [0.1, 0.15) is 0 Å². The lowest BCUT2D eigenvalue weighted by atomic mass is 10.3. The van der Waals surface area contributed by atoms with Crippen LogP contribution in [0.25, 0.3) is 0 Å². The molecule has 0 heterocycles. The van der Waals surface area contributed by atoms with E-state index < -0.39 is 24.8 Å². The molecule has 8 heteroatoms. The molecule has 5 nitrogen and oxygen atoms in total. The van der Waals surface area contributed by atoms with Gasteiger partial charge in [0.25, 0.3) is 0 Å². The third-order valence-corrected chi connectivity index (χ3v) is 0.958. The highest BCUT2D eigenvalue weighted by Crippen LogP contribution is 2.13. The van der Waals surface area contributed by atoms with Crippen LogP contribution in [0.5, 0.6) is 0 Å². The Balaban J connectivity index is 3.41. The first kappa shape index (κ1) is 12.1. The van der Waals surface area contributed by atoms with Gasteiger partial charge >= 0.3 is 12.1 Å². The highest BCUT2D eigenvalue weighted by Gasteiger charge is 2.27. The van der Waals surface area contributed by atoms with Crippen molar-refractivity contribution in [2.75, 3.05) is 13.2 Å². The van der Waals surface area contributed by atoms with E-state index in [4.69, 9.17) is 10.8 Å². The van der Waals surface area contributed by atoms with E-state index in [2.05, 4.69) is 4.84 Å². The van der Waals surface area contributed by atoms with Gasteiger partial charge in [0.1, 0.15) is 6.04 Å². The molecule has 0 aliphatic carbocycles. The number of carboxylic acid groups (broad SMARTS) is 1. The van der Waals surface area contributed by atoms with Crippen LogP contribution in [-0.4, -0.2) is 36.4 Å². The van der Waals surface area contributed by atoms with Crippen LogP contribution < -0.4 is 11.2 Å². The fraction of sp³-hybridized carbons (Fsp3) is 0.800. The molecule has 1 unspecified atom stereocenters. The van der Waals surface area contributed by atoms with Crippen molar-refractivity contribution in [3.8, 4) is 0 Å². The van der Waals surface area contributed by atoms with Gasteiger partial charge in [-0.2, -0.15) is 13.2 Å². The average Bonchev–Trinajstić information content (AvgIpc) is 1.95. The number of hydrogen-bond acceptors (Lipinski definition) is 4. The summed E-state index contributed by atoms with van der Waals surface area (Å²) in [6.07, 6.45) is -4.44. The van der Waals surface area contributed by atoms with Gasteiger partial charge in [-0.15, -0.1) is 0 Å². The lowest BCUT2D eigenvalue weighted by Gasteiger charge is -2.10. The van der Waals surface area contributed by atoms with Crippen molar-refractivity contribution in [1.29, 1.82) is 0 Å². The highest BCUT2D eigenvalue weighted by atomic mass is 19.4. The summed E-state index contributed by atoms with van der Waals surface area (Å²) in [5.41, 5.74) is 6.74. The maximum absolute atomic E-state index is 11.4. The molecule has 0 spiro atoms. The van der Waals surface area contributed by atoms with Gasteiger partial charge in [-0.05, 0) is 0 Å². The predicted octanol–water partition coefficient (Wildman–Crippen LogP) is -0.518. The van der Waals surface area contributed by atoms with E-state index in [1.807, 2.05) is 0 Å². The molecule has 0 aromatic heterocycles. The summed E-state index contributed by atoms with van der Waals surface area (Å²) in [6.45, 7) is -1.87. The minimum absolute atomic E-state index is 0.384. The number of aliphatic carboxylic acids is 1. The fourth-order valence-electron chi connectivity index (χ4n) is 0.369. The van der Waals surface area contributed by atoms with Crippen LogP contribution in [0.4, 0.5) is 13.2 Å². The molecule has 0 rings (SSSR count). The monoisotopic (exact) mass is 202 g/mol. The molecule has 13 heavy (non-hydrogen) atoms. The van der Waals surface area contributed by atoms with Crippen LogP contribution in [0.15, 0.2) is 0 Å². The number of nitrogens with one attached hydrogen (secondary N) is 1. The van der Waals surface area contributed by atoms with E-state index in [-0.39, 0.29) is 6.54 Å². The maximum atomic E-state index is 11.4. The first-order chi connectivity index (χ1) is 5.83. The Morgan fingerprint density at radius 3 is 2.54 bits per heavy atom. The molecule has 0 saturated heterocycles. The van der Waals surface area contributed by atoms with E-state index in [1.54, 1.807) is 5.48 Å². The van der Waals surface area contributed by atoms with Gasteiger partial charge in [-0.1, -0.05) is 0 Å². The second-order valence-electron chi connectivity index (χ2n) is 2.20. The van der Waals surface area contributed by atoms with Crippen LogP contribution in [0.2, 0.25) is 0 Å². The van der Waals surface area contributed by atoms with E-state index in [9.17, 15) is 18.0 Å². The Labute approximate surface area is 71.6 Å². The van der Waals surface area contributed by atoms with E-state index in [0.29, 0.717) is 0 Å². The molecule has 0 radical (unpaired) electrons. The molecule has 0 bridgehead atoms. The number of halogens is 3. The molecular weight excluding hydrogens is 193 g/mol. The molecule has 0 fully saturated rings. The van der Waals surface area contributed by atoms with Crippen LogP contribution in [0, 0.1) is 0 Å². The number of nitrogens with two attached hydrogens (primary N) is 1. The van der Waals surface area contributed by atoms with E-state index in [1.165, 1.54) is 0 Å². The van der Waals surface area contributed by atoms with E-state index >= 15 is 0 Å². The Morgan fingerprint density at radius 2 is 2.15 bits per heavy atom. The van der Waals surface area contributed by atoms with Crippen molar-refractivity contribution in [2.24, 2.45) is 5.73 Å². The van der Waals surface area contributed by atoms with Crippen LogP contribution >= 0.6 is 0 Å². The minimum atomic E-state index is -4.44. The van der Waals surface area contributed by atoms with Gasteiger partial charge in [-0.25, -0.2) is 5.48 Å². The number of hydrogen-bond donors (Lipinski definition) is 3. The topological polar surface area (TPSA) is 84.6 Å². The summed E-state index contributed by atoms with van der Waals surface area (Å²) in [5.74, 6) is -1.32. The molecular formula is C5H9F3N2O3. The van der Waals surface area contributed by atoms with Crippen molar-refractivity contribution < 1.29 is 27.9 Å². The normalized spacial score (nSPS) is 14.2. The van der Waals surface area contributed by atoms with Gasteiger partial charge in [0, 0.05) is 6.54 Å². The largest absolute Gasteiger partial charge is 0.480 e. The number of rotatable bonds is 5. The molecule has 0 aromatic rings. The van der Waals surface area contributed by atoms with Crippen LogP contribution in [0.3, 0.4) is 0 Å². The summed E-state index contributed by atoms with van der Waals surface area (Å²) in [4.78, 5) is 13.9. The third kappa shape index (κ3) is 7.50. The Kier molecular flexibility index (Phi) is 4.67. The summed E-state index contributed by atoms with van der Waals surface area (Å²) in [6, 6.07) is -1.28. The molecule has 0 aromatic carbocycles. The van der Waals surface area contributed by atoms with Crippen LogP contribution in [-0.2, 0) is 9.63 Å². The average molecular weight is 202 g/mol. The summed E-state index contributed by atoms with van der Waals surface area (Å²) < 4.78 is 34.3. The van der Waals surface area contributed by atoms with Gasteiger partial charge in [0.05, 0.1) is 0 Å². The zero-order valence-electron chi connectivity index (χ0n) is 6.47. The lowest BCUT2D eigenvalue weighted by Crippen LogP contribution is -2.41. The molecule has 0 aliphatic heterocycles. The molecule has 0 amide bonds. The SMILES string of the molecule is NC(CNOCC(F)(F)F)C(=O)O. The lowest BCUT2D eigenvalue weighted by molar-refractivity contribution is -0.189. The van der Waals surface area contributed by atoms with Gasteiger partial charge in [0.15, 0.2) is 6.61 Å². The van der Waals surface area contributed by atoms with Gasteiger partial charge in [0.2, 0.25) is 0 Å². The quantitative estimate of drug-likeness (QED) is 0.412. The standard InChI is InChI=1S/C5H9F3N2O3/c6-5(7,8)2-13-10-1-3(9)4(11)12/h3,10H,1-2,9H2,(H,11,12). The summed E-state index contributed by atoms with van der Waals surface area (Å²) in [5, 5.41) is 8.20. The molecule has 1 atom stereocenters. The summed E-state index contributed by atoms with van der Waals surface area (Å²) >= 11 is 0. The Morgan fingerprint density at radius 1 is 1.62 bits per heavy atom. The van der Waals surface area contributed by atoms with Crippen molar-refractivity contribution >= 4 is 5.97 Å². The van der Waals surface area contributed by atoms with E-state index in [0.717, 1.165) is 0 Å². The number of alkyl halides is 3. The Bertz CT molecular complexity index is 173. The molecule has 0 saturated carbocycles.